The number of amides is 1. The maximum absolute atomic E-state index is 13.9. The standard InChI is InChI=1S/C27H27N3O5S/c1-5-7-10-34-19-9-8-17(13-21(19)33-6-2)23-22-24(31)18-11-15(3)16(4)12-20(18)35-25(22)26(32)30(23)27-29-28-14-36-27/h8-9,11-14,23H,5-7,10H2,1-4H3. The summed E-state index contributed by atoms with van der Waals surface area (Å²) < 4.78 is 17.9. The molecule has 8 nitrogen and oxygen atoms in total. The Bertz CT molecular complexity index is 1500. The molecule has 2 aromatic heterocycles. The molecule has 5 rings (SSSR count). The molecule has 9 heteroatoms. The van der Waals surface area contributed by atoms with E-state index in [-0.39, 0.29) is 16.8 Å². The molecule has 4 aromatic rings. The van der Waals surface area contributed by atoms with Gasteiger partial charge in [0.2, 0.25) is 10.9 Å². The number of carbonyl (C=O) groups excluding carboxylic acids is 1. The molecule has 36 heavy (non-hydrogen) atoms. The molecule has 0 N–H and O–H groups in total. The van der Waals surface area contributed by atoms with Crippen molar-refractivity contribution in [3.05, 3.63) is 74.1 Å². The van der Waals surface area contributed by atoms with Crippen LogP contribution in [-0.4, -0.2) is 29.3 Å². The van der Waals surface area contributed by atoms with E-state index < -0.39 is 11.9 Å². The van der Waals surface area contributed by atoms with Crippen molar-refractivity contribution in [2.45, 2.75) is 46.6 Å². The molecule has 0 saturated carbocycles. The number of fused-ring (bicyclic) bond motifs is 2. The van der Waals surface area contributed by atoms with Gasteiger partial charge in [-0.2, -0.15) is 0 Å². The normalized spacial score (nSPS) is 14.9. The molecule has 1 unspecified atom stereocenters. The van der Waals surface area contributed by atoms with E-state index in [9.17, 15) is 9.59 Å². The minimum atomic E-state index is -0.744. The van der Waals surface area contributed by atoms with Crippen molar-refractivity contribution in [2.24, 2.45) is 0 Å². The summed E-state index contributed by atoms with van der Waals surface area (Å²) in [6.45, 7) is 8.91. The zero-order valence-corrected chi connectivity index (χ0v) is 21.5. The lowest BCUT2D eigenvalue weighted by Crippen LogP contribution is -2.29. The Morgan fingerprint density at radius 3 is 2.58 bits per heavy atom. The van der Waals surface area contributed by atoms with E-state index in [0.717, 1.165) is 24.0 Å². The summed E-state index contributed by atoms with van der Waals surface area (Å²) in [5, 5.41) is 8.88. The van der Waals surface area contributed by atoms with Crippen molar-refractivity contribution in [1.82, 2.24) is 10.2 Å². The maximum atomic E-state index is 13.9. The predicted molar refractivity (Wildman–Crippen MR) is 139 cm³/mol. The zero-order valence-electron chi connectivity index (χ0n) is 20.7. The number of anilines is 1. The molecule has 0 radical (unpaired) electrons. The first-order chi connectivity index (χ1) is 17.4. The zero-order chi connectivity index (χ0) is 25.4. The number of aromatic nitrogens is 2. The van der Waals surface area contributed by atoms with Crippen molar-refractivity contribution in [2.75, 3.05) is 18.1 Å². The predicted octanol–water partition coefficient (Wildman–Crippen LogP) is 5.59. The first-order valence-corrected chi connectivity index (χ1v) is 12.9. The lowest BCUT2D eigenvalue weighted by Gasteiger charge is -2.23. The van der Waals surface area contributed by atoms with Crippen LogP contribution in [0.5, 0.6) is 11.5 Å². The van der Waals surface area contributed by atoms with Crippen LogP contribution < -0.4 is 19.8 Å². The number of nitrogens with zero attached hydrogens (tertiary/aromatic N) is 3. The van der Waals surface area contributed by atoms with Gasteiger partial charge in [-0.25, -0.2) is 0 Å². The van der Waals surface area contributed by atoms with Crippen LogP contribution in [0.4, 0.5) is 5.13 Å². The van der Waals surface area contributed by atoms with Gasteiger partial charge in [0.05, 0.1) is 30.2 Å². The van der Waals surface area contributed by atoms with Crippen molar-refractivity contribution in [1.29, 1.82) is 0 Å². The van der Waals surface area contributed by atoms with Gasteiger partial charge in [0.1, 0.15) is 11.1 Å². The molecular formula is C27H27N3O5S. The second-order valence-electron chi connectivity index (χ2n) is 8.75. The van der Waals surface area contributed by atoms with Crippen LogP contribution >= 0.6 is 11.3 Å². The Morgan fingerprint density at radius 2 is 1.86 bits per heavy atom. The average molecular weight is 506 g/mol. The Morgan fingerprint density at radius 1 is 1.06 bits per heavy atom. The van der Waals surface area contributed by atoms with E-state index in [1.54, 1.807) is 11.6 Å². The Labute approximate surface area is 212 Å². The number of rotatable bonds is 8. The molecule has 1 amide bonds. The number of ether oxygens (including phenoxy) is 2. The third-order valence-corrected chi connectivity index (χ3v) is 7.07. The van der Waals surface area contributed by atoms with E-state index in [4.69, 9.17) is 13.9 Å². The smallest absolute Gasteiger partial charge is 0.297 e. The Kier molecular flexibility index (Phi) is 6.49. The SMILES string of the molecule is CCCCOc1ccc(C2c3c(oc4cc(C)c(C)cc4c3=O)C(=O)N2c2nncs2)cc1OCC. The second-order valence-corrected chi connectivity index (χ2v) is 9.56. The van der Waals surface area contributed by atoms with Crippen molar-refractivity contribution in [3.8, 4) is 11.5 Å². The van der Waals surface area contributed by atoms with Gasteiger partial charge in [0.15, 0.2) is 16.9 Å². The summed E-state index contributed by atoms with van der Waals surface area (Å²) in [5.74, 6) is 0.779. The molecule has 0 aliphatic carbocycles. The fourth-order valence-corrected chi connectivity index (χ4v) is 5.01. The summed E-state index contributed by atoms with van der Waals surface area (Å²) in [6, 6.07) is 8.39. The van der Waals surface area contributed by atoms with Gasteiger partial charge in [-0.05, 0) is 68.1 Å². The topological polar surface area (TPSA) is 94.8 Å². The van der Waals surface area contributed by atoms with Gasteiger partial charge in [-0.3, -0.25) is 14.5 Å². The van der Waals surface area contributed by atoms with Crippen LogP contribution in [0, 0.1) is 13.8 Å². The minimum absolute atomic E-state index is 0.0252. The molecule has 3 heterocycles. The highest BCUT2D eigenvalue weighted by Gasteiger charge is 2.45. The number of carbonyl (C=O) groups is 1. The van der Waals surface area contributed by atoms with E-state index >= 15 is 0 Å². The number of hydrogen-bond donors (Lipinski definition) is 0. The highest BCUT2D eigenvalue weighted by Crippen LogP contribution is 2.43. The maximum Gasteiger partial charge on any atom is 0.297 e. The van der Waals surface area contributed by atoms with Crippen molar-refractivity contribution in [3.63, 3.8) is 0 Å². The van der Waals surface area contributed by atoms with Gasteiger partial charge in [-0.15, -0.1) is 10.2 Å². The lowest BCUT2D eigenvalue weighted by molar-refractivity contribution is 0.0970. The molecule has 0 saturated heterocycles. The molecule has 0 fully saturated rings. The molecular weight excluding hydrogens is 478 g/mol. The highest BCUT2D eigenvalue weighted by atomic mass is 32.1. The first kappa shape index (κ1) is 24.0. The van der Waals surface area contributed by atoms with E-state index in [2.05, 4.69) is 17.1 Å². The summed E-state index contributed by atoms with van der Waals surface area (Å²) >= 11 is 1.22. The number of hydrogen-bond acceptors (Lipinski definition) is 8. The highest BCUT2D eigenvalue weighted by molar-refractivity contribution is 7.13. The molecule has 1 aliphatic rings. The second kappa shape index (κ2) is 9.73. The molecule has 0 spiro atoms. The van der Waals surface area contributed by atoms with Gasteiger partial charge in [0, 0.05) is 0 Å². The quantitative estimate of drug-likeness (QED) is 0.288. The van der Waals surface area contributed by atoms with Crippen LogP contribution in [0.3, 0.4) is 0 Å². The Hall–Kier alpha value is -3.72. The van der Waals surface area contributed by atoms with Gasteiger partial charge in [0.25, 0.3) is 5.91 Å². The largest absolute Gasteiger partial charge is 0.490 e. The molecule has 186 valence electrons. The summed E-state index contributed by atoms with van der Waals surface area (Å²) in [6.07, 6.45) is 1.94. The summed E-state index contributed by atoms with van der Waals surface area (Å²) in [7, 11) is 0. The van der Waals surface area contributed by atoms with Crippen LogP contribution in [-0.2, 0) is 0 Å². The number of aryl methyl sites for hydroxylation is 2. The number of benzene rings is 2. The first-order valence-electron chi connectivity index (χ1n) is 12.0. The van der Waals surface area contributed by atoms with Gasteiger partial charge >= 0.3 is 0 Å². The third kappa shape index (κ3) is 4.03. The fraction of sp³-hybridized carbons (Fsp3) is 0.333. The van der Waals surface area contributed by atoms with Crippen LogP contribution in [0.2, 0.25) is 0 Å². The van der Waals surface area contributed by atoms with E-state index in [1.165, 1.54) is 16.2 Å². The molecule has 1 atom stereocenters. The minimum Gasteiger partial charge on any atom is -0.490 e. The fourth-order valence-electron chi connectivity index (χ4n) is 4.42. The van der Waals surface area contributed by atoms with Gasteiger partial charge < -0.3 is 13.9 Å². The summed E-state index contributed by atoms with van der Waals surface area (Å²) in [4.78, 5) is 29.0. The third-order valence-electron chi connectivity index (χ3n) is 6.38. The monoisotopic (exact) mass is 505 g/mol. The molecule has 1 aliphatic heterocycles. The van der Waals surface area contributed by atoms with E-state index in [1.807, 2.05) is 45.0 Å². The summed E-state index contributed by atoms with van der Waals surface area (Å²) in [5.41, 5.74) is 4.64. The molecule has 2 aromatic carbocycles. The van der Waals surface area contributed by atoms with Gasteiger partial charge in [-0.1, -0.05) is 30.7 Å². The van der Waals surface area contributed by atoms with Crippen molar-refractivity contribution < 1.29 is 18.7 Å². The Balaban J connectivity index is 1.71. The van der Waals surface area contributed by atoms with Crippen LogP contribution in [0.15, 0.2) is 45.1 Å². The van der Waals surface area contributed by atoms with E-state index in [0.29, 0.717) is 46.4 Å². The van der Waals surface area contributed by atoms with Crippen molar-refractivity contribution >= 4 is 33.3 Å². The molecule has 0 bridgehead atoms. The average Bonchev–Trinajstić information content (AvgIpc) is 3.48. The van der Waals surface area contributed by atoms with Crippen LogP contribution in [0.1, 0.15) is 65.5 Å². The number of unbranched alkanes of at least 4 members (excludes halogenated alkanes) is 1. The van der Waals surface area contributed by atoms with Crippen LogP contribution in [0.25, 0.3) is 11.0 Å². The lowest BCUT2D eigenvalue weighted by atomic mass is 9.97.